The Morgan fingerprint density at radius 1 is 1.15 bits per heavy atom. The second-order valence-electron chi connectivity index (χ2n) is 6.69. The van der Waals surface area contributed by atoms with Gasteiger partial charge in [0.1, 0.15) is 5.75 Å². The molecule has 6 heteroatoms. The van der Waals surface area contributed by atoms with Crippen molar-refractivity contribution >= 4 is 17.5 Å². The van der Waals surface area contributed by atoms with Crippen LogP contribution in [0.3, 0.4) is 0 Å². The van der Waals surface area contributed by atoms with Crippen molar-refractivity contribution in [1.82, 2.24) is 10.2 Å². The van der Waals surface area contributed by atoms with Crippen LogP contribution in [0.4, 0.5) is 5.69 Å². The van der Waals surface area contributed by atoms with Crippen molar-refractivity contribution in [2.45, 2.75) is 25.4 Å². The topological polar surface area (TPSA) is 70.7 Å². The second kappa shape index (κ2) is 8.68. The van der Waals surface area contributed by atoms with Gasteiger partial charge in [0.15, 0.2) is 0 Å². The van der Waals surface area contributed by atoms with Crippen molar-refractivity contribution in [3.8, 4) is 5.75 Å². The Bertz CT molecular complexity index is 801. The molecule has 1 aliphatic rings. The number of hydrogen-bond acceptors (Lipinski definition) is 4. The fourth-order valence-corrected chi connectivity index (χ4v) is 2.99. The quantitative estimate of drug-likeness (QED) is 0.753. The molecule has 2 aromatic carbocycles. The Balaban J connectivity index is 1.61. The van der Waals surface area contributed by atoms with Crippen LogP contribution in [-0.4, -0.2) is 43.5 Å². The fraction of sp³-hybridized carbons (Fsp3) is 0.333. The molecule has 1 fully saturated rings. The number of carbonyl (C=O) groups excluding carboxylic acids is 2. The van der Waals surface area contributed by atoms with Gasteiger partial charge in [-0.1, -0.05) is 18.2 Å². The second-order valence-corrected chi connectivity index (χ2v) is 6.69. The molecule has 27 heavy (non-hydrogen) atoms. The Morgan fingerprint density at radius 2 is 1.89 bits per heavy atom. The highest BCUT2D eigenvalue weighted by Crippen LogP contribution is 2.28. The summed E-state index contributed by atoms with van der Waals surface area (Å²) >= 11 is 0. The SMILES string of the molecule is CNC(=O)c1cccc(NC(=O)CN(Cc2ccc(OC)cc2)C2CC2)c1. The van der Waals surface area contributed by atoms with Crippen LogP contribution < -0.4 is 15.4 Å². The van der Waals surface area contributed by atoms with Crippen LogP contribution in [0.5, 0.6) is 5.75 Å². The molecule has 1 aliphatic carbocycles. The van der Waals surface area contributed by atoms with E-state index in [9.17, 15) is 9.59 Å². The maximum absolute atomic E-state index is 12.5. The predicted molar refractivity (Wildman–Crippen MR) is 105 cm³/mol. The molecule has 0 unspecified atom stereocenters. The summed E-state index contributed by atoms with van der Waals surface area (Å²) in [5.41, 5.74) is 2.30. The maximum atomic E-state index is 12.5. The van der Waals surface area contributed by atoms with Crippen LogP contribution in [0.15, 0.2) is 48.5 Å². The lowest BCUT2D eigenvalue weighted by atomic mass is 10.2. The summed E-state index contributed by atoms with van der Waals surface area (Å²) in [5, 5.41) is 5.48. The predicted octanol–water partition coefficient (Wildman–Crippen LogP) is 2.66. The van der Waals surface area contributed by atoms with Crippen LogP contribution in [0.2, 0.25) is 0 Å². The van der Waals surface area contributed by atoms with Crippen molar-refractivity contribution in [2.75, 3.05) is 26.0 Å². The standard InChI is InChI=1S/C21H25N3O3/c1-22-21(26)16-4-3-5-17(12-16)23-20(25)14-24(18-8-9-18)13-15-6-10-19(27-2)11-7-15/h3-7,10-12,18H,8-9,13-14H2,1-2H3,(H,22,26)(H,23,25). The lowest BCUT2D eigenvalue weighted by molar-refractivity contribution is -0.117. The van der Waals surface area contributed by atoms with E-state index in [1.165, 1.54) is 0 Å². The molecule has 142 valence electrons. The third kappa shape index (κ3) is 5.31. The molecule has 0 heterocycles. The smallest absolute Gasteiger partial charge is 0.251 e. The number of nitrogens with zero attached hydrogens (tertiary/aromatic N) is 1. The molecular formula is C21H25N3O3. The van der Waals surface area contributed by atoms with Gasteiger partial charge in [0.25, 0.3) is 5.91 Å². The Kier molecular flexibility index (Phi) is 6.08. The van der Waals surface area contributed by atoms with E-state index >= 15 is 0 Å². The monoisotopic (exact) mass is 367 g/mol. The van der Waals surface area contributed by atoms with Crippen LogP contribution in [0.25, 0.3) is 0 Å². The van der Waals surface area contributed by atoms with Crippen molar-refractivity contribution in [2.24, 2.45) is 0 Å². The summed E-state index contributed by atoms with van der Waals surface area (Å²) in [4.78, 5) is 26.5. The van der Waals surface area contributed by atoms with Gasteiger partial charge < -0.3 is 15.4 Å². The summed E-state index contributed by atoms with van der Waals surface area (Å²) in [6.07, 6.45) is 2.24. The van der Waals surface area contributed by atoms with E-state index < -0.39 is 0 Å². The van der Waals surface area contributed by atoms with Gasteiger partial charge in [0.05, 0.1) is 13.7 Å². The molecule has 0 atom stereocenters. The van der Waals surface area contributed by atoms with Gasteiger partial charge in [-0.05, 0) is 48.7 Å². The molecule has 0 saturated heterocycles. The zero-order valence-electron chi connectivity index (χ0n) is 15.7. The van der Waals surface area contributed by atoms with E-state index in [4.69, 9.17) is 4.74 Å². The number of rotatable bonds is 8. The molecule has 3 rings (SSSR count). The van der Waals surface area contributed by atoms with Gasteiger partial charge >= 0.3 is 0 Å². The number of carbonyl (C=O) groups is 2. The van der Waals surface area contributed by atoms with Gasteiger partial charge in [0, 0.05) is 30.9 Å². The van der Waals surface area contributed by atoms with Gasteiger partial charge in [-0.2, -0.15) is 0 Å². The number of nitrogens with one attached hydrogen (secondary N) is 2. The number of methoxy groups -OCH3 is 1. The Morgan fingerprint density at radius 3 is 2.52 bits per heavy atom. The summed E-state index contributed by atoms with van der Waals surface area (Å²) < 4.78 is 5.19. The van der Waals surface area contributed by atoms with Gasteiger partial charge in [0.2, 0.25) is 5.91 Å². The van der Waals surface area contributed by atoms with E-state index in [0.717, 1.165) is 30.7 Å². The number of benzene rings is 2. The minimum absolute atomic E-state index is 0.0792. The molecule has 0 radical (unpaired) electrons. The number of anilines is 1. The van der Waals surface area contributed by atoms with Crippen molar-refractivity contribution in [3.63, 3.8) is 0 Å². The van der Waals surface area contributed by atoms with E-state index in [1.807, 2.05) is 24.3 Å². The summed E-state index contributed by atoms with van der Waals surface area (Å²) in [7, 11) is 3.23. The normalized spacial score (nSPS) is 13.3. The van der Waals surface area contributed by atoms with Crippen LogP contribution in [0, 0.1) is 0 Å². The lowest BCUT2D eigenvalue weighted by Gasteiger charge is -2.21. The Hall–Kier alpha value is -2.86. The zero-order chi connectivity index (χ0) is 19.2. The van der Waals surface area contributed by atoms with E-state index in [1.54, 1.807) is 38.4 Å². The zero-order valence-corrected chi connectivity index (χ0v) is 15.7. The summed E-state index contributed by atoms with van der Waals surface area (Å²) in [6.45, 7) is 1.04. The molecule has 6 nitrogen and oxygen atoms in total. The third-order valence-corrected chi connectivity index (χ3v) is 4.59. The average molecular weight is 367 g/mol. The lowest BCUT2D eigenvalue weighted by Crippen LogP contribution is -2.34. The van der Waals surface area contributed by atoms with Crippen molar-refractivity contribution in [1.29, 1.82) is 0 Å². The number of hydrogen-bond donors (Lipinski definition) is 2. The molecule has 0 aliphatic heterocycles. The highest BCUT2D eigenvalue weighted by Gasteiger charge is 2.30. The average Bonchev–Trinajstić information content (AvgIpc) is 3.53. The van der Waals surface area contributed by atoms with E-state index in [2.05, 4.69) is 15.5 Å². The highest BCUT2D eigenvalue weighted by atomic mass is 16.5. The van der Waals surface area contributed by atoms with Crippen molar-refractivity contribution < 1.29 is 14.3 Å². The minimum Gasteiger partial charge on any atom is -0.497 e. The highest BCUT2D eigenvalue weighted by molar-refractivity contribution is 5.97. The van der Waals surface area contributed by atoms with Gasteiger partial charge in [-0.15, -0.1) is 0 Å². The molecular weight excluding hydrogens is 342 g/mol. The number of amides is 2. The van der Waals surface area contributed by atoms with Crippen molar-refractivity contribution in [3.05, 3.63) is 59.7 Å². The molecule has 2 N–H and O–H groups in total. The molecule has 0 spiro atoms. The van der Waals surface area contributed by atoms with E-state index in [-0.39, 0.29) is 11.8 Å². The molecule has 2 aromatic rings. The maximum Gasteiger partial charge on any atom is 0.251 e. The largest absolute Gasteiger partial charge is 0.497 e. The van der Waals surface area contributed by atoms with Crippen LogP contribution in [-0.2, 0) is 11.3 Å². The Labute approximate surface area is 159 Å². The first-order chi connectivity index (χ1) is 13.1. The third-order valence-electron chi connectivity index (χ3n) is 4.59. The molecule has 1 saturated carbocycles. The fourth-order valence-electron chi connectivity index (χ4n) is 2.99. The molecule has 0 bridgehead atoms. The molecule has 2 amide bonds. The summed E-state index contributed by atoms with van der Waals surface area (Å²) in [5.74, 6) is 0.570. The first-order valence-corrected chi connectivity index (χ1v) is 9.08. The van der Waals surface area contributed by atoms with Crippen LogP contribution in [0.1, 0.15) is 28.8 Å². The number of ether oxygens (including phenoxy) is 1. The minimum atomic E-state index is -0.176. The van der Waals surface area contributed by atoms with Gasteiger partial charge in [-0.3, -0.25) is 14.5 Å². The first kappa shape index (κ1) is 18.9. The summed E-state index contributed by atoms with van der Waals surface area (Å²) in [6, 6.07) is 15.3. The van der Waals surface area contributed by atoms with Crippen LogP contribution >= 0.6 is 0 Å². The van der Waals surface area contributed by atoms with E-state index in [0.29, 0.717) is 23.8 Å². The molecule has 0 aromatic heterocycles. The van der Waals surface area contributed by atoms with Gasteiger partial charge in [-0.25, -0.2) is 0 Å². The first-order valence-electron chi connectivity index (χ1n) is 9.08.